The van der Waals surface area contributed by atoms with E-state index in [0.29, 0.717) is 18.9 Å². The van der Waals surface area contributed by atoms with Gasteiger partial charge in [0.05, 0.1) is 6.04 Å². The number of amides is 1. The summed E-state index contributed by atoms with van der Waals surface area (Å²) in [6, 6.07) is 9.19. The molecule has 21 heavy (non-hydrogen) atoms. The van der Waals surface area contributed by atoms with Crippen molar-refractivity contribution in [2.24, 2.45) is 5.73 Å². The number of rotatable bonds is 6. The number of aromatic nitrogens is 2. The molecule has 1 atom stereocenters. The molecule has 1 aromatic heterocycles. The van der Waals surface area contributed by atoms with Crippen molar-refractivity contribution in [1.82, 2.24) is 15.3 Å². The van der Waals surface area contributed by atoms with Gasteiger partial charge in [0, 0.05) is 30.8 Å². The van der Waals surface area contributed by atoms with E-state index in [0.717, 1.165) is 17.1 Å². The predicted octanol–water partition coefficient (Wildman–Crippen LogP) is 1.72. The van der Waals surface area contributed by atoms with E-state index in [1.807, 2.05) is 30.3 Å². The lowest BCUT2D eigenvalue weighted by Gasteiger charge is -2.11. The molecule has 2 rings (SSSR count). The smallest absolute Gasteiger partial charge is 0.237 e. The molecule has 0 spiro atoms. The molecule has 0 unspecified atom stereocenters. The van der Waals surface area contributed by atoms with Gasteiger partial charge in [0.2, 0.25) is 5.91 Å². The summed E-state index contributed by atoms with van der Waals surface area (Å²) in [6.07, 6.45) is 2.21. The highest BCUT2D eigenvalue weighted by molar-refractivity contribution is 5.81. The molecule has 1 amide bonds. The van der Waals surface area contributed by atoms with Gasteiger partial charge in [-0.05, 0) is 5.56 Å². The summed E-state index contributed by atoms with van der Waals surface area (Å²) in [5.74, 6) is 1.10. The second-order valence-corrected chi connectivity index (χ2v) is 5.46. The summed E-state index contributed by atoms with van der Waals surface area (Å²) < 4.78 is 0. The van der Waals surface area contributed by atoms with Gasteiger partial charge >= 0.3 is 0 Å². The molecule has 0 fully saturated rings. The Bertz CT molecular complexity index is 577. The summed E-state index contributed by atoms with van der Waals surface area (Å²) in [5.41, 5.74) is 7.89. The first-order chi connectivity index (χ1) is 10.1. The number of aromatic amines is 1. The van der Waals surface area contributed by atoms with Crippen molar-refractivity contribution in [1.29, 1.82) is 0 Å². The maximum absolute atomic E-state index is 12.0. The fourth-order valence-electron chi connectivity index (χ4n) is 2.02. The fraction of sp³-hybridized carbons (Fsp3) is 0.375. The number of nitrogens with two attached hydrogens (primary N) is 1. The van der Waals surface area contributed by atoms with Gasteiger partial charge in [-0.2, -0.15) is 0 Å². The van der Waals surface area contributed by atoms with Crippen LogP contribution < -0.4 is 11.1 Å². The van der Waals surface area contributed by atoms with E-state index in [9.17, 15) is 4.79 Å². The standard InChI is InChI=1S/C16H22N4O/c1-11(2)15-18-10-13(20-15)8-14(17)16(21)19-9-12-6-4-3-5-7-12/h3-7,10-11,14H,8-9,17H2,1-2H3,(H,18,20)(H,19,21)/t14-/m0/s1. The van der Waals surface area contributed by atoms with Crippen LogP contribution in [0.15, 0.2) is 36.5 Å². The molecule has 2 aromatic rings. The van der Waals surface area contributed by atoms with Crippen LogP contribution in [0.25, 0.3) is 0 Å². The number of nitrogens with zero attached hydrogens (tertiary/aromatic N) is 1. The molecule has 0 saturated heterocycles. The lowest BCUT2D eigenvalue weighted by molar-refractivity contribution is -0.122. The predicted molar refractivity (Wildman–Crippen MR) is 82.6 cm³/mol. The van der Waals surface area contributed by atoms with E-state index in [2.05, 4.69) is 29.1 Å². The topological polar surface area (TPSA) is 83.8 Å². The van der Waals surface area contributed by atoms with E-state index >= 15 is 0 Å². The third-order valence-corrected chi connectivity index (χ3v) is 3.28. The molecule has 0 saturated carbocycles. The van der Waals surface area contributed by atoms with Crippen LogP contribution in [-0.2, 0) is 17.8 Å². The van der Waals surface area contributed by atoms with E-state index in [1.54, 1.807) is 6.20 Å². The highest BCUT2D eigenvalue weighted by Crippen LogP contribution is 2.10. The van der Waals surface area contributed by atoms with Crippen molar-refractivity contribution in [2.75, 3.05) is 0 Å². The van der Waals surface area contributed by atoms with Crippen LogP contribution in [0.5, 0.6) is 0 Å². The Morgan fingerprint density at radius 3 is 2.67 bits per heavy atom. The summed E-state index contributed by atoms with van der Waals surface area (Å²) in [6.45, 7) is 4.62. The minimum Gasteiger partial charge on any atom is -0.351 e. The van der Waals surface area contributed by atoms with Gasteiger partial charge < -0.3 is 16.0 Å². The van der Waals surface area contributed by atoms with Gasteiger partial charge in [0.15, 0.2) is 0 Å². The zero-order valence-corrected chi connectivity index (χ0v) is 12.5. The van der Waals surface area contributed by atoms with Crippen LogP contribution >= 0.6 is 0 Å². The molecule has 1 aromatic carbocycles. The largest absolute Gasteiger partial charge is 0.351 e. The van der Waals surface area contributed by atoms with Crippen LogP contribution in [0, 0.1) is 0 Å². The first-order valence-corrected chi connectivity index (χ1v) is 7.17. The number of hydrogen-bond donors (Lipinski definition) is 3. The third kappa shape index (κ3) is 4.43. The van der Waals surface area contributed by atoms with E-state index in [4.69, 9.17) is 5.73 Å². The van der Waals surface area contributed by atoms with Gasteiger partial charge in [0.1, 0.15) is 5.82 Å². The average Bonchev–Trinajstić information content (AvgIpc) is 2.94. The molecule has 1 heterocycles. The Hall–Kier alpha value is -2.14. The Balaban J connectivity index is 1.84. The zero-order valence-electron chi connectivity index (χ0n) is 12.5. The van der Waals surface area contributed by atoms with Gasteiger partial charge in [-0.25, -0.2) is 4.98 Å². The lowest BCUT2D eigenvalue weighted by Crippen LogP contribution is -2.41. The van der Waals surface area contributed by atoms with Crippen molar-refractivity contribution in [3.05, 3.63) is 53.6 Å². The summed E-state index contributed by atoms with van der Waals surface area (Å²) in [7, 11) is 0. The lowest BCUT2D eigenvalue weighted by atomic mass is 10.1. The van der Waals surface area contributed by atoms with Crippen LogP contribution in [0.2, 0.25) is 0 Å². The number of nitrogens with one attached hydrogen (secondary N) is 2. The van der Waals surface area contributed by atoms with Crippen LogP contribution in [0.1, 0.15) is 36.8 Å². The van der Waals surface area contributed by atoms with Crippen LogP contribution in [-0.4, -0.2) is 21.9 Å². The van der Waals surface area contributed by atoms with Crippen LogP contribution in [0.3, 0.4) is 0 Å². The van der Waals surface area contributed by atoms with Crippen molar-refractivity contribution >= 4 is 5.91 Å². The quantitative estimate of drug-likeness (QED) is 0.756. The summed E-state index contributed by atoms with van der Waals surface area (Å²) >= 11 is 0. The van der Waals surface area contributed by atoms with Gasteiger partial charge in [-0.3, -0.25) is 4.79 Å². The Morgan fingerprint density at radius 1 is 1.33 bits per heavy atom. The van der Waals surface area contributed by atoms with Crippen molar-refractivity contribution < 1.29 is 4.79 Å². The second-order valence-electron chi connectivity index (χ2n) is 5.46. The van der Waals surface area contributed by atoms with Crippen molar-refractivity contribution in [3.8, 4) is 0 Å². The van der Waals surface area contributed by atoms with Crippen molar-refractivity contribution in [3.63, 3.8) is 0 Å². The maximum atomic E-state index is 12.0. The Labute approximate surface area is 125 Å². The molecule has 0 radical (unpaired) electrons. The van der Waals surface area contributed by atoms with E-state index in [1.165, 1.54) is 0 Å². The van der Waals surface area contributed by atoms with Gasteiger partial charge in [-0.15, -0.1) is 0 Å². The first-order valence-electron chi connectivity index (χ1n) is 7.17. The molecule has 0 aliphatic carbocycles. The van der Waals surface area contributed by atoms with Gasteiger partial charge in [0.25, 0.3) is 0 Å². The fourth-order valence-corrected chi connectivity index (χ4v) is 2.02. The first kappa shape index (κ1) is 15.3. The highest BCUT2D eigenvalue weighted by Gasteiger charge is 2.15. The number of benzene rings is 1. The molecular weight excluding hydrogens is 264 g/mol. The Morgan fingerprint density at radius 2 is 2.05 bits per heavy atom. The number of carbonyl (C=O) groups is 1. The third-order valence-electron chi connectivity index (χ3n) is 3.28. The second kappa shape index (κ2) is 7.04. The molecule has 0 aliphatic heterocycles. The monoisotopic (exact) mass is 286 g/mol. The van der Waals surface area contributed by atoms with E-state index in [-0.39, 0.29) is 5.91 Å². The average molecular weight is 286 g/mol. The SMILES string of the molecule is CC(C)c1ncc(C[C@H](N)C(=O)NCc2ccccc2)[nH]1. The number of H-pyrrole nitrogens is 1. The minimum absolute atomic E-state index is 0.153. The molecule has 5 heteroatoms. The minimum atomic E-state index is -0.575. The summed E-state index contributed by atoms with van der Waals surface area (Å²) in [5, 5.41) is 2.85. The van der Waals surface area contributed by atoms with Crippen LogP contribution in [0.4, 0.5) is 0 Å². The van der Waals surface area contributed by atoms with Gasteiger partial charge in [-0.1, -0.05) is 44.2 Å². The molecule has 0 aliphatic rings. The maximum Gasteiger partial charge on any atom is 0.237 e. The summed E-state index contributed by atoms with van der Waals surface area (Å²) in [4.78, 5) is 19.5. The molecule has 5 nitrogen and oxygen atoms in total. The molecular formula is C16H22N4O. The number of hydrogen-bond acceptors (Lipinski definition) is 3. The van der Waals surface area contributed by atoms with Crippen molar-refractivity contribution in [2.45, 2.75) is 38.8 Å². The molecule has 0 bridgehead atoms. The molecule has 4 N–H and O–H groups in total. The molecule has 112 valence electrons. The Kier molecular flexibility index (Phi) is 5.11. The number of carbonyl (C=O) groups excluding carboxylic acids is 1. The number of imidazole rings is 1. The highest BCUT2D eigenvalue weighted by atomic mass is 16.2. The zero-order chi connectivity index (χ0) is 15.2. The van der Waals surface area contributed by atoms with E-state index < -0.39 is 6.04 Å². The normalized spacial score (nSPS) is 12.4.